The number of anilines is 1. The summed E-state index contributed by atoms with van der Waals surface area (Å²) in [6.45, 7) is -0.978. The molecule has 1 aromatic heterocycles. The summed E-state index contributed by atoms with van der Waals surface area (Å²) in [6, 6.07) is 6.10. The summed E-state index contributed by atoms with van der Waals surface area (Å²) in [5.74, 6) is -1.03. The molecule has 0 spiro atoms. The molecule has 2 aliphatic rings. The molecule has 170 valence electrons. The zero-order chi connectivity index (χ0) is 22.8. The minimum atomic E-state index is -2.89. The molecule has 4 rings (SSSR count). The molecule has 1 saturated carbocycles. The van der Waals surface area contributed by atoms with Gasteiger partial charge in [-0.25, -0.2) is 4.98 Å². The molecule has 2 aromatic rings. The zero-order valence-electron chi connectivity index (χ0n) is 17.5. The number of fused-ring (bicyclic) bond motifs is 1. The number of rotatable bonds is 7. The van der Waals surface area contributed by atoms with Gasteiger partial charge in [0.1, 0.15) is 5.75 Å². The van der Waals surface area contributed by atoms with Crippen LogP contribution in [0.1, 0.15) is 37.0 Å². The van der Waals surface area contributed by atoms with Crippen molar-refractivity contribution in [2.45, 2.75) is 45.6 Å². The third kappa shape index (κ3) is 4.64. The lowest BCUT2D eigenvalue weighted by molar-refractivity contribution is -0.140. The number of ether oxygens (including phenoxy) is 1. The van der Waals surface area contributed by atoms with Crippen LogP contribution in [0.4, 0.5) is 13.9 Å². The standard InChI is InChI=1S/C22H23F2N3O4S/c1-12-18(13-6-8-14(9-7-13)31-21(23)24)26-22(32-12)25-17(28)10-11-27-19(29)15-4-2-3-5-16(15)20(27)30/h6-9,15-16,21H,2-5,10-11H2,1H3,(H,25,26,28). The van der Waals surface area contributed by atoms with E-state index < -0.39 is 6.61 Å². The van der Waals surface area contributed by atoms with E-state index in [2.05, 4.69) is 15.0 Å². The maximum Gasteiger partial charge on any atom is 0.387 e. The number of benzene rings is 1. The van der Waals surface area contributed by atoms with Gasteiger partial charge in [0.25, 0.3) is 0 Å². The van der Waals surface area contributed by atoms with Crippen LogP contribution in [-0.2, 0) is 14.4 Å². The highest BCUT2D eigenvalue weighted by Gasteiger charge is 2.47. The van der Waals surface area contributed by atoms with E-state index in [9.17, 15) is 23.2 Å². The number of alkyl halides is 2. The van der Waals surface area contributed by atoms with E-state index in [1.54, 1.807) is 12.1 Å². The summed E-state index contributed by atoms with van der Waals surface area (Å²) >= 11 is 1.29. The quantitative estimate of drug-likeness (QED) is 0.621. The van der Waals surface area contributed by atoms with E-state index in [-0.39, 0.29) is 48.3 Å². The number of halogens is 2. The smallest absolute Gasteiger partial charge is 0.387 e. The first-order valence-electron chi connectivity index (χ1n) is 10.5. The molecule has 2 fully saturated rings. The fourth-order valence-corrected chi connectivity index (χ4v) is 5.21. The molecule has 0 bridgehead atoms. The molecule has 10 heteroatoms. The van der Waals surface area contributed by atoms with Crippen LogP contribution in [-0.4, -0.2) is 40.8 Å². The van der Waals surface area contributed by atoms with E-state index >= 15 is 0 Å². The number of likely N-dealkylation sites (tertiary alicyclic amines) is 1. The Labute approximate surface area is 187 Å². The summed E-state index contributed by atoms with van der Waals surface area (Å²) < 4.78 is 29.0. The summed E-state index contributed by atoms with van der Waals surface area (Å²) in [5, 5.41) is 3.11. The second-order valence-electron chi connectivity index (χ2n) is 7.95. The van der Waals surface area contributed by atoms with E-state index in [4.69, 9.17) is 0 Å². The van der Waals surface area contributed by atoms with Gasteiger partial charge in [-0.05, 0) is 44.0 Å². The zero-order valence-corrected chi connectivity index (χ0v) is 18.3. The Morgan fingerprint density at radius 1 is 1.19 bits per heavy atom. The molecule has 0 radical (unpaired) electrons. The SMILES string of the molecule is Cc1sc(NC(=O)CCN2C(=O)C3CCCCC3C2=O)nc1-c1ccc(OC(F)F)cc1. The van der Waals surface area contributed by atoms with E-state index in [1.165, 1.54) is 28.4 Å². The molecule has 2 atom stereocenters. The molecule has 2 heterocycles. The Bertz CT molecular complexity index is 1000. The van der Waals surface area contributed by atoms with Crippen LogP contribution in [0.3, 0.4) is 0 Å². The molecule has 1 aromatic carbocycles. The van der Waals surface area contributed by atoms with Crippen molar-refractivity contribution in [1.82, 2.24) is 9.88 Å². The van der Waals surface area contributed by atoms with Crippen LogP contribution in [0, 0.1) is 18.8 Å². The van der Waals surface area contributed by atoms with Gasteiger partial charge in [-0.3, -0.25) is 19.3 Å². The Kier molecular flexibility index (Phi) is 6.50. The maximum atomic E-state index is 12.5. The number of imide groups is 1. The minimum absolute atomic E-state index is 0.00451. The Hall–Kier alpha value is -2.88. The van der Waals surface area contributed by atoms with E-state index in [1.807, 2.05) is 6.92 Å². The largest absolute Gasteiger partial charge is 0.435 e. The molecular formula is C22H23F2N3O4S. The number of hydrogen-bond acceptors (Lipinski definition) is 6. The van der Waals surface area contributed by atoms with Crippen molar-refractivity contribution < 1.29 is 27.9 Å². The number of nitrogens with one attached hydrogen (secondary N) is 1. The number of amides is 3. The van der Waals surface area contributed by atoms with Gasteiger partial charge in [-0.15, -0.1) is 11.3 Å². The molecule has 1 aliphatic carbocycles. The number of aromatic nitrogens is 1. The number of aryl methyl sites for hydroxylation is 1. The predicted molar refractivity (Wildman–Crippen MR) is 114 cm³/mol. The van der Waals surface area contributed by atoms with Crippen LogP contribution in [0.25, 0.3) is 11.3 Å². The molecule has 7 nitrogen and oxygen atoms in total. The molecule has 2 unspecified atom stereocenters. The van der Waals surface area contributed by atoms with Gasteiger partial charge in [0.05, 0.1) is 17.5 Å². The second-order valence-corrected chi connectivity index (χ2v) is 9.15. The van der Waals surface area contributed by atoms with Gasteiger partial charge in [0.15, 0.2) is 5.13 Å². The molecule has 1 saturated heterocycles. The topological polar surface area (TPSA) is 88.6 Å². The van der Waals surface area contributed by atoms with Crippen molar-refractivity contribution in [3.05, 3.63) is 29.1 Å². The minimum Gasteiger partial charge on any atom is -0.435 e. The van der Waals surface area contributed by atoms with Crippen LogP contribution in [0.2, 0.25) is 0 Å². The second kappa shape index (κ2) is 9.32. The molecule has 1 N–H and O–H groups in total. The Morgan fingerprint density at radius 2 is 1.81 bits per heavy atom. The van der Waals surface area contributed by atoms with Crippen molar-refractivity contribution in [2.24, 2.45) is 11.8 Å². The third-order valence-corrected chi connectivity index (χ3v) is 6.78. The summed E-state index contributed by atoms with van der Waals surface area (Å²) in [4.78, 5) is 44.0. The van der Waals surface area contributed by atoms with E-state index in [0.29, 0.717) is 16.4 Å². The van der Waals surface area contributed by atoms with Crippen molar-refractivity contribution in [3.63, 3.8) is 0 Å². The number of carbonyl (C=O) groups is 3. The van der Waals surface area contributed by atoms with Gasteiger partial charge in [-0.1, -0.05) is 12.8 Å². The number of hydrogen-bond donors (Lipinski definition) is 1. The first kappa shape index (κ1) is 22.3. The van der Waals surface area contributed by atoms with Crippen LogP contribution < -0.4 is 10.1 Å². The molecular weight excluding hydrogens is 440 g/mol. The fourth-order valence-electron chi connectivity index (χ4n) is 4.36. The fraction of sp³-hybridized carbons (Fsp3) is 0.455. The maximum absolute atomic E-state index is 12.5. The molecule has 32 heavy (non-hydrogen) atoms. The van der Waals surface area contributed by atoms with Crippen LogP contribution >= 0.6 is 11.3 Å². The van der Waals surface area contributed by atoms with Gasteiger partial charge in [-0.2, -0.15) is 8.78 Å². The van der Waals surface area contributed by atoms with Gasteiger partial charge in [0.2, 0.25) is 17.7 Å². The van der Waals surface area contributed by atoms with Crippen LogP contribution in [0.15, 0.2) is 24.3 Å². The lowest BCUT2D eigenvalue weighted by atomic mass is 9.81. The van der Waals surface area contributed by atoms with E-state index in [0.717, 1.165) is 30.6 Å². The van der Waals surface area contributed by atoms with Crippen LogP contribution in [0.5, 0.6) is 5.75 Å². The average Bonchev–Trinajstić information content (AvgIpc) is 3.24. The lowest BCUT2D eigenvalue weighted by Gasteiger charge is -2.19. The molecule has 3 amide bonds. The average molecular weight is 464 g/mol. The first-order chi connectivity index (χ1) is 15.3. The molecule has 1 aliphatic heterocycles. The Balaban J connectivity index is 1.35. The number of thiazole rings is 1. The highest BCUT2D eigenvalue weighted by Crippen LogP contribution is 2.38. The predicted octanol–water partition coefficient (Wildman–Crippen LogP) is 4.22. The lowest BCUT2D eigenvalue weighted by Crippen LogP contribution is -2.34. The normalized spacial score (nSPS) is 20.6. The number of nitrogens with zero attached hydrogens (tertiary/aromatic N) is 2. The summed E-state index contributed by atoms with van der Waals surface area (Å²) in [7, 11) is 0. The first-order valence-corrected chi connectivity index (χ1v) is 11.3. The van der Waals surface area contributed by atoms with Crippen molar-refractivity contribution in [2.75, 3.05) is 11.9 Å². The van der Waals surface area contributed by atoms with Crippen molar-refractivity contribution >= 4 is 34.2 Å². The van der Waals surface area contributed by atoms with Crippen molar-refractivity contribution in [3.8, 4) is 17.0 Å². The highest BCUT2D eigenvalue weighted by molar-refractivity contribution is 7.16. The summed E-state index contributed by atoms with van der Waals surface area (Å²) in [6.07, 6.45) is 3.41. The number of carbonyl (C=O) groups excluding carboxylic acids is 3. The van der Waals surface area contributed by atoms with Gasteiger partial charge < -0.3 is 10.1 Å². The van der Waals surface area contributed by atoms with Gasteiger partial charge >= 0.3 is 6.61 Å². The highest BCUT2D eigenvalue weighted by atomic mass is 32.1. The van der Waals surface area contributed by atoms with Gasteiger partial charge in [0, 0.05) is 23.4 Å². The third-order valence-electron chi connectivity index (χ3n) is 5.89. The monoisotopic (exact) mass is 463 g/mol. The Morgan fingerprint density at radius 3 is 2.41 bits per heavy atom. The van der Waals surface area contributed by atoms with Crippen molar-refractivity contribution in [1.29, 1.82) is 0 Å². The summed E-state index contributed by atoms with van der Waals surface area (Å²) in [5.41, 5.74) is 1.33.